The molecular weight excluding hydrogens is 335 g/mol. The van der Waals surface area contributed by atoms with Crippen molar-refractivity contribution >= 4 is 21.7 Å². The first-order valence-electron chi connectivity index (χ1n) is 6.26. The summed E-state index contributed by atoms with van der Waals surface area (Å²) < 4.78 is 16.0. The van der Waals surface area contributed by atoms with E-state index in [2.05, 4.69) is 21.0 Å². The van der Waals surface area contributed by atoms with Crippen molar-refractivity contribution < 1.29 is 9.18 Å². The van der Waals surface area contributed by atoms with Crippen LogP contribution in [0.3, 0.4) is 0 Å². The normalized spacial score (nSPS) is 10.6. The van der Waals surface area contributed by atoms with Gasteiger partial charge >= 0.3 is 0 Å². The van der Waals surface area contributed by atoms with E-state index in [4.69, 9.17) is 0 Å². The van der Waals surface area contributed by atoms with Gasteiger partial charge in [-0.15, -0.1) is 0 Å². The molecule has 0 aliphatic rings. The molecule has 0 saturated carbocycles. The lowest BCUT2D eigenvalue weighted by atomic mass is 10.1. The number of aromatic nitrogens is 2. The van der Waals surface area contributed by atoms with Crippen LogP contribution in [0.15, 0.2) is 65.3 Å². The number of nitrogens with zero attached hydrogens (tertiary/aromatic N) is 2. The summed E-state index contributed by atoms with van der Waals surface area (Å²) in [5.41, 5.74) is 1.08. The van der Waals surface area contributed by atoms with Crippen molar-refractivity contribution in [3.8, 4) is 5.69 Å². The highest BCUT2D eigenvalue weighted by atomic mass is 79.9. The lowest BCUT2D eigenvalue weighted by Crippen LogP contribution is -2.11. The van der Waals surface area contributed by atoms with Crippen LogP contribution in [0.4, 0.5) is 4.39 Å². The summed E-state index contributed by atoms with van der Waals surface area (Å²) in [6, 6.07) is 15.1. The summed E-state index contributed by atoms with van der Waals surface area (Å²) in [7, 11) is 0. The molecule has 0 aliphatic carbocycles. The Kier molecular flexibility index (Phi) is 3.66. The molecule has 104 valence electrons. The Bertz CT molecular complexity index is 799. The molecule has 2 aromatic carbocycles. The van der Waals surface area contributed by atoms with Gasteiger partial charge in [-0.05, 0) is 36.4 Å². The molecule has 0 amide bonds. The zero-order chi connectivity index (χ0) is 14.8. The molecule has 0 radical (unpaired) electrons. The number of ketones is 1. The van der Waals surface area contributed by atoms with Crippen LogP contribution < -0.4 is 0 Å². The number of rotatable bonds is 3. The van der Waals surface area contributed by atoms with Crippen molar-refractivity contribution in [2.45, 2.75) is 0 Å². The summed E-state index contributed by atoms with van der Waals surface area (Å²) in [5, 5.41) is 4.15. The predicted molar refractivity (Wildman–Crippen MR) is 81.1 cm³/mol. The van der Waals surface area contributed by atoms with E-state index >= 15 is 0 Å². The van der Waals surface area contributed by atoms with Crippen LogP contribution >= 0.6 is 15.9 Å². The summed E-state index contributed by atoms with van der Waals surface area (Å²) >= 11 is 3.25. The van der Waals surface area contributed by atoms with Gasteiger partial charge in [-0.2, -0.15) is 5.10 Å². The van der Waals surface area contributed by atoms with Crippen molar-refractivity contribution in [1.29, 1.82) is 0 Å². The first-order valence-corrected chi connectivity index (χ1v) is 7.05. The van der Waals surface area contributed by atoms with Crippen molar-refractivity contribution in [2.24, 2.45) is 0 Å². The monoisotopic (exact) mass is 344 g/mol. The van der Waals surface area contributed by atoms with E-state index in [0.717, 1.165) is 5.69 Å². The van der Waals surface area contributed by atoms with Crippen molar-refractivity contribution in [3.05, 3.63) is 82.3 Å². The van der Waals surface area contributed by atoms with Crippen LogP contribution in [-0.4, -0.2) is 15.6 Å². The third-order valence-electron chi connectivity index (χ3n) is 3.05. The molecule has 0 bridgehead atoms. The topological polar surface area (TPSA) is 34.9 Å². The molecule has 0 aliphatic heterocycles. The van der Waals surface area contributed by atoms with Gasteiger partial charge in [0.1, 0.15) is 11.5 Å². The molecule has 5 heteroatoms. The van der Waals surface area contributed by atoms with Crippen LogP contribution in [0, 0.1) is 5.82 Å². The fourth-order valence-corrected chi connectivity index (χ4v) is 2.42. The van der Waals surface area contributed by atoms with Crippen LogP contribution in [0.25, 0.3) is 5.69 Å². The lowest BCUT2D eigenvalue weighted by molar-refractivity contribution is 0.102. The smallest absolute Gasteiger partial charge is 0.214 e. The van der Waals surface area contributed by atoms with Gasteiger partial charge in [-0.1, -0.05) is 34.1 Å². The van der Waals surface area contributed by atoms with Gasteiger partial charge in [0.05, 0.1) is 17.4 Å². The fourth-order valence-electron chi connectivity index (χ4n) is 2.06. The molecule has 0 unspecified atom stereocenters. The largest absolute Gasteiger partial charge is 0.287 e. The minimum absolute atomic E-state index is 0.0158. The Hall–Kier alpha value is -2.27. The number of halogens is 2. The first kappa shape index (κ1) is 13.7. The van der Waals surface area contributed by atoms with Crippen LogP contribution in [0.2, 0.25) is 0 Å². The third kappa shape index (κ3) is 2.64. The van der Waals surface area contributed by atoms with E-state index in [1.807, 2.05) is 30.3 Å². The van der Waals surface area contributed by atoms with E-state index < -0.39 is 11.6 Å². The molecule has 0 atom stereocenters. The number of carbonyl (C=O) groups excluding carboxylic acids is 1. The summed E-state index contributed by atoms with van der Waals surface area (Å²) in [5.74, 6) is -0.959. The average Bonchev–Trinajstić information content (AvgIpc) is 2.99. The second-order valence-electron chi connectivity index (χ2n) is 4.42. The maximum Gasteiger partial charge on any atom is 0.214 e. The van der Waals surface area contributed by atoms with E-state index in [0.29, 0.717) is 10.2 Å². The zero-order valence-electron chi connectivity index (χ0n) is 10.8. The number of benzene rings is 2. The number of hydrogen-bond acceptors (Lipinski definition) is 2. The Morgan fingerprint density at radius 3 is 2.62 bits per heavy atom. The Morgan fingerprint density at radius 1 is 1.10 bits per heavy atom. The SMILES string of the molecule is O=C(c1cc(Br)ccc1F)c1ccnn1-c1ccccc1. The predicted octanol–water partition coefficient (Wildman–Crippen LogP) is 4.00. The summed E-state index contributed by atoms with van der Waals surface area (Å²) in [4.78, 5) is 12.6. The van der Waals surface area contributed by atoms with Crippen LogP contribution in [0.1, 0.15) is 16.1 Å². The molecule has 1 heterocycles. The standard InChI is InChI=1S/C16H10BrFN2O/c17-11-6-7-14(18)13(10-11)16(21)15-8-9-19-20(15)12-4-2-1-3-5-12/h1-10H. The quantitative estimate of drug-likeness (QED) is 0.673. The zero-order valence-corrected chi connectivity index (χ0v) is 12.4. The first-order chi connectivity index (χ1) is 10.2. The van der Waals surface area contributed by atoms with Crippen LogP contribution in [0.5, 0.6) is 0 Å². The lowest BCUT2D eigenvalue weighted by Gasteiger charge is -2.07. The molecule has 0 spiro atoms. The van der Waals surface area contributed by atoms with Crippen LogP contribution in [-0.2, 0) is 0 Å². The second-order valence-corrected chi connectivity index (χ2v) is 5.33. The minimum Gasteiger partial charge on any atom is -0.287 e. The average molecular weight is 345 g/mol. The van der Waals surface area contributed by atoms with Gasteiger partial charge in [0.25, 0.3) is 0 Å². The molecule has 3 nitrogen and oxygen atoms in total. The minimum atomic E-state index is -0.552. The van der Waals surface area contributed by atoms with Crippen molar-refractivity contribution in [3.63, 3.8) is 0 Å². The maximum absolute atomic E-state index is 13.9. The van der Waals surface area contributed by atoms with Gasteiger partial charge in [0.2, 0.25) is 5.78 Å². The summed E-state index contributed by atoms with van der Waals surface area (Å²) in [6.45, 7) is 0. The molecule has 3 rings (SSSR count). The van der Waals surface area contributed by atoms with E-state index in [9.17, 15) is 9.18 Å². The van der Waals surface area contributed by atoms with Gasteiger partial charge in [-0.25, -0.2) is 9.07 Å². The van der Waals surface area contributed by atoms with Gasteiger partial charge in [0, 0.05) is 4.47 Å². The van der Waals surface area contributed by atoms with E-state index in [1.165, 1.54) is 23.0 Å². The van der Waals surface area contributed by atoms with Crippen molar-refractivity contribution in [1.82, 2.24) is 9.78 Å². The number of hydrogen-bond donors (Lipinski definition) is 0. The molecule has 0 saturated heterocycles. The van der Waals surface area contributed by atoms with Gasteiger partial charge in [-0.3, -0.25) is 4.79 Å². The van der Waals surface area contributed by atoms with Gasteiger partial charge in [0.15, 0.2) is 0 Å². The Balaban J connectivity index is 2.08. The highest BCUT2D eigenvalue weighted by molar-refractivity contribution is 9.10. The Labute approximate surface area is 129 Å². The Morgan fingerprint density at radius 2 is 1.86 bits per heavy atom. The summed E-state index contributed by atoms with van der Waals surface area (Å²) in [6.07, 6.45) is 1.52. The van der Waals surface area contributed by atoms with Gasteiger partial charge < -0.3 is 0 Å². The molecule has 3 aromatic rings. The third-order valence-corrected chi connectivity index (χ3v) is 3.54. The molecule has 1 aromatic heterocycles. The highest BCUT2D eigenvalue weighted by Crippen LogP contribution is 2.20. The van der Waals surface area contributed by atoms with Crippen molar-refractivity contribution in [2.75, 3.05) is 0 Å². The van der Waals surface area contributed by atoms with E-state index in [1.54, 1.807) is 12.1 Å². The maximum atomic E-state index is 13.9. The fraction of sp³-hybridized carbons (Fsp3) is 0. The molecule has 0 fully saturated rings. The molecule has 21 heavy (non-hydrogen) atoms. The highest BCUT2D eigenvalue weighted by Gasteiger charge is 2.19. The molecule has 0 N–H and O–H groups in total. The molecular formula is C16H10BrFN2O. The second kappa shape index (κ2) is 5.61. The number of carbonyl (C=O) groups is 1. The van der Waals surface area contributed by atoms with E-state index in [-0.39, 0.29) is 5.56 Å². The number of para-hydroxylation sites is 1.